The summed E-state index contributed by atoms with van der Waals surface area (Å²) in [6, 6.07) is 4.44. The van der Waals surface area contributed by atoms with Gasteiger partial charge >= 0.3 is 6.18 Å². The molecule has 1 aromatic rings. The highest BCUT2D eigenvalue weighted by atomic mass is 32.2. The van der Waals surface area contributed by atoms with Gasteiger partial charge in [-0.15, -0.1) is 0 Å². The molecule has 0 aromatic heterocycles. The lowest BCUT2D eigenvalue weighted by molar-refractivity contribution is -0.137. The smallest absolute Gasteiger partial charge is 0.325 e. The zero-order valence-corrected chi connectivity index (χ0v) is 16.4. The number of alkyl halides is 3. The van der Waals surface area contributed by atoms with Gasteiger partial charge in [-0.25, -0.2) is 12.7 Å². The number of carbonyl (C=O) groups is 1. The van der Waals surface area contributed by atoms with Crippen LogP contribution < -0.4 is 5.32 Å². The Kier molecular flexibility index (Phi) is 6.02. The number of rotatable bonds is 6. The van der Waals surface area contributed by atoms with E-state index < -0.39 is 27.7 Å². The summed E-state index contributed by atoms with van der Waals surface area (Å²) in [6.07, 6.45) is -1.77. The molecule has 28 heavy (non-hydrogen) atoms. The normalized spacial score (nSPS) is 19.8. The Morgan fingerprint density at radius 3 is 2.43 bits per heavy atom. The SMILES string of the molecule is CN(C1CCN(CC(=O)Nc2cccc(C(F)(F)F)c2)CC1)S(=O)(=O)C1CC1. The lowest BCUT2D eigenvalue weighted by atomic mass is 10.1. The Balaban J connectivity index is 1.49. The van der Waals surface area contributed by atoms with Crippen LogP contribution in [0.15, 0.2) is 24.3 Å². The number of nitrogens with zero attached hydrogens (tertiary/aromatic N) is 2. The van der Waals surface area contributed by atoms with Gasteiger partial charge in [0.1, 0.15) is 0 Å². The summed E-state index contributed by atoms with van der Waals surface area (Å²) in [6.45, 7) is 1.18. The maximum atomic E-state index is 12.7. The molecule has 0 unspecified atom stereocenters. The lowest BCUT2D eigenvalue weighted by Gasteiger charge is -2.35. The largest absolute Gasteiger partial charge is 0.416 e. The molecule has 2 fully saturated rings. The van der Waals surface area contributed by atoms with E-state index in [-0.39, 0.29) is 23.5 Å². The minimum atomic E-state index is -4.46. The van der Waals surface area contributed by atoms with E-state index >= 15 is 0 Å². The van der Waals surface area contributed by atoms with E-state index in [2.05, 4.69) is 5.32 Å². The van der Waals surface area contributed by atoms with Crippen LogP contribution in [0, 0.1) is 0 Å². The number of halogens is 3. The van der Waals surface area contributed by atoms with Crippen molar-refractivity contribution in [2.24, 2.45) is 0 Å². The van der Waals surface area contributed by atoms with Gasteiger partial charge in [0.25, 0.3) is 0 Å². The Labute approximate surface area is 162 Å². The van der Waals surface area contributed by atoms with Crippen molar-refractivity contribution in [1.82, 2.24) is 9.21 Å². The van der Waals surface area contributed by atoms with E-state index in [1.807, 2.05) is 4.90 Å². The third-order valence-corrected chi connectivity index (χ3v) is 7.67. The quantitative estimate of drug-likeness (QED) is 0.769. The van der Waals surface area contributed by atoms with E-state index in [0.717, 1.165) is 25.0 Å². The number of amides is 1. The molecule has 0 bridgehead atoms. The summed E-state index contributed by atoms with van der Waals surface area (Å²) < 4.78 is 64.4. The molecule has 1 amide bonds. The van der Waals surface area contributed by atoms with Gasteiger partial charge in [-0.3, -0.25) is 9.69 Å². The fraction of sp³-hybridized carbons (Fsp3) is 0.611. The molecule has 1 aromatic carbocycles. The van der Waals surface area contributed by atoms with Crippen LogP contribution in [0.5, 0.6) is 0 Å². The first-order chi connectivity index (χ1) is 13.1. The summed E-state index contributed by atoms with van der Waals surface area (Å²) >= 11 is 0. The van der Waals surface area contributed by atoms with Crippen LogP contribution in [-0.2, 0) is 21.0 Å². The van der Waals surface area contributed by atoms with Crippen LogP contribution in [0.4, 0.5) is 18.9 Å². The topological polar surface area (TPSA) is 69.7 Å². The molecule has 1 saturated carbocycles. The Morgan fingerprint density at radius 1 is 1.21 bits per heavy atom. The average Bonchev–Trinajstić information content (AvgIpc) is 3.47. The van der Waals surface area contributed by atoms with E-state index in [0.29, 0.717) is 25.9 Å². The molecule has 2 aliphatic rings. The van der Waals surface area contributed by atoms with Crippen LogP contribution in [0.2, 0.25) is 0 Å². The van der Waals surface area contributed by atoms with Gasteiger partial charge in [-0.1, -0.05) is 6.07 Å². The number of piperidine rings is 1. The van der Waals surface area contributed by atoms with Gasteiger partial charge in [-0.05, 0) is 43.9 Å². The average molecular weight is 419 g/mol. The van der Waals surface area contributed by atoms with Crippen LogP contribution in [-0.4, -0.2) is 61.5 Å². The van der Waals surface area contributed by atoms with Crippen molar-refractivity contribution in [3.8, 4) is 0 Å². The first-order valence-corrected chi connectivity index (χ1v) is 10.7. The van der Waals surface area contributed by atoms with Crippen molar-refractivity contribution in [2.45, 2.75) is 43.2 Å². The molecule has 156 valence electrons. The molecule has 0 spiro atoms. The second-order valence-electron chi connectivity index (χ2n) is 7.39. The van der Waals surface area contributed by atoms with E-state index in [9.17, 15) is 26.4 Å². The highest BCUT2D eigenvalue weighted by Crippen LogP contribution is 2.33. The number of sulfonamides is 1. The molecule has 10 heteroatoms. The second kappa shape index (κ2) is 8.00. The van der Waals surface area contributed by atoms with Crippen molar-refractivity contribution in [3.05, 3.63) is 29.8 Å². The van der Waals surface area contributed by atoms with Crippen molar-refractivity contribution < 1.29 is 26.4 Å². The lowest BCUT2D eigenvalue weighted by Crippen LogP contribution is -2.47. The predicted octanol–water partition coefficient (Wildman–Crippen LogP) is 2.53. The summed E-state index contributed by atoms with van der Waals surface area (Å²) in [4.78, 5) is 14.1. The molecular formula is C18H24F3N3O3S. The fourth-order valence-corrected chi connectivity index (χ4v) is 5.26. The molecule has 0 atom stereocenters. The first kappa shape index (κ1) is 21.1. The number of carbonyl (C=O) groups excluding carboxylic acids is 1. The second-order valence-corrected chi connectivity index (χ2v) is 9.67. The molecule has 1 heterocycles. The Bertz CT molecular complexity index is 817. The van der Waals surface area contributed by atoms with Gasteiger partial charge < -0.3 is 5.32 Å². The molecule has 1 saturated heterocycles. The van der Waals surface area contributed by atoms with Gasteiger partial charge in [0.2, 0.25) is 15.9 Å². The highest BCUT2D eigenvalue weighted by molar-refractivity contribution is 7.90. The summed E-state index contributed by atoms with van der Waals surface area (Å²) in [5.41, 5.74) is -0.712. The summed E-state index contributed by atoms with van der Waals surface area (Å²) in [7, 11) is -1.60. The molecule has 6 nitrogen and oxygen atoms in total. The third-order valence-electron chi connectivity index (χ3n) is 5.26. The minimum Gasteiger partial charge on any atom is -0.325 e. The number of nitrogens with one attached hydrogen (secondary N) is 1. The van der Waals surface area contributed by atoms with Crippen LogP contribution in [0.1, 0.15) is 31.2 Å². The maximum Gasteiger partial charge on any atom is 0.416 e. The highest BCUT2D eigenvalue weighted by Gasteiger charge is 2.41. The predicted molar refractivity (Wildman–Crippen MR) is 99.2 cm³/mol. The van der Waals surface area contributed by atoms with E-state index in [1.165, 1.54) is 16.4 Å². The van der Waals surface area contributed by atoms with Crippen LogP contribution in [0.3, 0.4) is 0 Å². The monoisotopic (exact) mass is 419 g/mol. The molecule has 1 aliphatic heterocycles. The van der Waals surface area contributed by atoms with E-state index in [1.54, 1.807) is 7.05 Å². The van der Waals surface area contributed by atoms with Crippen molar-refractivity contribution >= 4 is 21.6 Å². The Morgan fingerprint density at radius 2 is 1.86 bits per heavy atom. The van der Waals surface area contributed by atoms with Gasteiger partial charge in [0.05, 0.1) is 17.4 Å². The third kappa shape index (κ3) is 5.03. The molecule has 0 radical (unpaired) electrons. The van der Waals surface area contributed by atoms with Crippen molar-refractivity contribution in [2.75, 3.05) is 32.0 Å². The number of likely N-dealkylation sites (tertiary alicyclic amines) is 1. The van der Waals surface area contributed by atoms with Gasteiger partial charge in [0.15, 0.2) is 0 Å². The number of benzene rings is 1. The van der Waals surface area contributed by atoms with Crippen molar-refractivity contribution in [3.63, 3.8) is 0 Å². The van der Waals surface area contributed by atoms with Crippen LogP contribution >= 0.6 is 0 Å². The molecule has 1 N–H and O–H groups in total. The molecular weight excluding hydrogens is 395 g/mol. The molecule has 3 rings (SSSR count). The first-order valence-electron chi connectivity index (χ1n) is 9.23. The zero-order chi connectivity index (χ0) is 20.5. The molecule has 1 aliphatic carbocycles. The maximum absolute atomic E-state index is 12.7. The number of anilines is 1. The Hall–Kier alpha value is -1.65. The summed E-state index contributed by atoms with van der Waals surface area (Å²) in [5, 5.41) is 2.25. The zero-order valence-electron chi connectivity index (χ0n) is 15.6. The standard InChI is InChI=1S/C18H24F3N3O3S/c1-23(28(26,27)16-5-6-16)15-7-9-24(10-8-15)12-17(25)22-14-4-2-3-13(11-14)18(19,20)21/h2-4,11,15-16H,5-10,12H2,1H3,(H,22,25). The van der Waals surface area contributed by atoms with Crippen molar-refractivity contribution in [1.29, 1.82) is 0 Å². The van der Waals surface area contributed by atoms with Gasteiger partial charge in [-0.2, -0.15) is 13.2 Å². The minimum absolute atomic E-state index is 0.0576. The number of hydrogen-bond acceptors (Lipinski definition) is 4. The van der Waals surface area contributed by atoms with Crippen LogP contribution in [0.25, 0.3) is 0 Å². The fourth-order valence-electron chi connectivity index (χ4n) is 3.43. The number of hydrogen-bond donors (Lipinski definition) is 1. The van der Waals surface area contributed by atoms with E-state index in [4.69, 9.17) is 0 Å². The van der Waals surface area contributed by atoms with Gasteiger partial charge in [0, 0.05) is 31.9 Å². The summed E-state index contributed by atoms with van der Waals surface area (Å²) in [5.74, 6) is -0.392.